The molecule has 0 saturated carbocycles. The molecule has 2 atom stereocenters. The first-order valence-electron chi connectivity index (χ1n) is 7.41. The Morgan fingerprint density at radius 3 is 3.00 bits per heavy atom. The van der Waals surface area contributed by atoms with Crippen LogP contribution in [0.3, 0.4) is 0 Å². The van der Waals surface area contributed by atoms with E-state index in [0.717, 1.165) is 29.7 Å². The average Bonchev–Trinajstić information content (AvgIpc) is 2.53. The summed E-state index contributed by atoms with van der Waals surface area (Å²) in [7, 11) is 0. The number of aromatic nitrogens is 1. The van der Waals surface area contributed by atoms with E-state index in [9.17, 15) is 5.26 Å². The molecule has 0 spiro atoms. The lowest BCUT2D eigenvalue weighted by Gasteiger charge is -2.39. The van der Waals surface area contributed by atoms with Crippen LogP contribution in [0.1, 0.15) is 25.8 Å². The zero-order chi connectivity index (χ0) is 14.8. The van der Waals surface area contributed by atoms with E-state index >= 15 is 0 Å². The minimum absolute atomic E-state index is 0.160. The van der Waals surface area contributed by atoms with Crippen molar-refractivity contribution in [1.82, 2.24) is 4.98 Å². The quantitative estimate of drug-likeness (QED) is 0.848. The maximum absolute atomic E-state index is 9.49. The zero-order valence-electron chi connectivity index (χ0n) is 12.4. The number of fused-ring (bicyclic) bond motifs is 1. The molecule has 1 fully saturated rings. The molecule has 0 N–H and O–H groups in total. The lowest BCUT2D eigenvalue weighted by Crippen LogP contribution is -2.49. The maximum atomic E-state index is 9.49. The predicted molar refractivity (Wildman–Crippen MR) is 83.3 cm³/mol. The Morgan fingerprint density at radius 1 is 1.43 bits per heavy atom. The third-order valence-electron chi connectivity index (χ3n) is 4.04. The van der Waals surface area contributed by atoms with Gasteiger partial charge >= 0.3 is 0 Å². The molecule has 1 aliphatic heterocycles. The van der Waals surface area contributed by atoms with Gasteiger partial charge < -0.3 is 9.64 Å². The van der Waals surface area contributed by atoms with Gasteiger partial charge in [-0.25, -0.2) is 4.98 Å². The summed E-state index contributed by atoms with van der Waals surface area (Å²) in [6.07, 6.45) is 1.14. The summed E-state index contributed by atoms with van der Waals surface area (Å²) in [5.74, 6) is 0.790. The van der Waals surface area contributed by atoms with Crippen LogP contribution in [-0.4, -0.2) is 30.3 Å². The van der Waals surface area contributed by atoms with Crippen molar-refractivity contribution < 1.29 is 4.74 Å². The van der Waals surface area contributed by atoms with E-state index in [2.05, 4.69) is 24.8 Å². The summed E-state index contributed by atoms with van der Waals surface area (Å²) in [5, 5.41) is 10.5. The second-order valence-electron chi connectivity index (χ2n) is 5.52. The van der Waals surface area contributed by atoms with Crippen LogP contribution < -0.4 is 4.90 Å². The zero-order valence-corrected chi connectivity index (χ0v) is 12.4. The van der Waals surface area contributed by atoms with E-state index in [1.807, 2.05) is 30.3 Å². The third-order valence-corrected chi connectivity index (χ3v) is 4.04. The Labute approximate surface area is 125 Å². The molecule has 4 heteroatoms. The van der Waals surface area contributed by atoms with E-state index in [-0.39, 0.29) is 12.1 Å². The van der Waals surface area contributed by atoms with Crippen molar-refractivity contribution in [2.45, 2.75) is 32.4 Å². The number of morpholine rings is 1. The smallest absolute Gasteiger partial charge is 0.147 e. The van der Waals surface area contributed by atoms with E-state index in [1.54, 1.807) is 0 Å². The van der Waals surface area contributed by atoms with Gasteiger partial charge in [-0.2, -0.15) is 5.26 Å². The number of nitriles is 1. The molecular formula is C17H19N3O. The first-order chi connectivity index (χ1) is 10.2. The van der Waals surface area contributed by atoms with Gasteiger partial charge in [-0.15, -0.1) is 0 Å². The number of pyridine rings is 1. The highest BCUT2D eigenvalue weighted by molar-refractivity contribution is 5.83. The molecule has 3 rings (SSSR count). The van der Waals surface area contributed by atoms with Crippen LogP contribution in [-0.2, 0) is 4.74 Å². The molecule has 1 aromatic heterocycles. The van der Waals surface area contributed by atoms with Crippen LogP contribution >= 0.6 is 0 Å². The number of nitrogens with zero attached hydrogens (tertiary/aromatic N) is 3. The van der Waals surface area contributed by atoms with E-state index in [4.69, 9.17) is 9.72 Å². The molecule has 108 valence electrons. The molecule has 4 nitrogen and oxygen atoms in total. The van der Waals surface area contributed by atoms with Gasteiger partial charge in [0.1, 0.15) is 11.9 Å². The second-order valence-corrected chi connectivity index (χ2v) is 5.52. The number of anilines is 1. The summed E-state index contributed by atoms with van der Waals surface area (Å²) in [5.41, 5.74) is 1.57. The molecule has 0 amide bonds. The van der Waals surface area contributed by atoms with Crippen molar-refractivity contribution in [1.29, 1.82) is 5.26 Å². The van der Waals surface area contributed by atoms with E-state index in [1.165, 1.54) is 0 Å². The SMILES string of the molecule is CCC1COC(C)CN1c1nc2ccccc2cc1C#N. The molecular weight excluding hydrogens is 262 g/mol. The van der Waals surface area contributed by atoms with Gasteiger partial charge in [0.15, 0.2) is 0 Å². The summed E-state index contributed by atoms with van der Waals surface area (Å²) >= 11 is 0. The van der Waals surface area contributed by atoms with Gasteiger partial charge in [0, 0.05) is 11.9 Å². The van der Waals surface area contributed by atoms with Crippen molar-refractivity contribution >= 4 is 16.7 Å². The van der Waals surface area contributed by atoms with Crippen LogP contribution in [0, 0.1) is 11.3 Å². The van der Waals surface area contributed by atoms with Gasteiger partial charge in [0.2, 0.25) is 0 Å². The molecule has 21 heavy (non-hydrogen) atoms. The lowest BCUT2D eigenvalue weighted by molar-refractivity contribution is 0.0296. The first kappa shape index (κ1) is 13.8. The van der Waals surface area contributed by atoms with Gasteiger partial charge in [-0.05, 0) is 25.5 Å². The molecule has 1 aliphatic rings. The van der Waals surface area contributed by atoms with E-state index < -0.39 is 0 Å². The summed E-state index contributed by atoms with van der Waals surface area (Å²) in [6.45, 7) is 5.67. The Kier molecular flexibility index (Phi) is 3.76. The van der Waals surface area contributed by atoms with Crippen molar-refractivity contribution in [2.75, 3.05) is 18.1 Å². The largest absolute Gasteiger partial charge is 0.375 e. The lowest BCUT2D eigenvalue weighted by atomic mass is 10.1. The minimum atomic E-state index is 0.160. The van der Waals surface area contributed by atoms with Crippen molar-refractivity contribution in [2.24, 2.45) is 0 Å². The van der Waals surface area contributed by atoms with Gasteiger partial charge in [-0.1, -0.05) is 25.1 Å². The molecule has 2 heterocycles. The number of para-hydroxylation sites is 1. The molecule has 2 unspecified atom stereocenters. The minimum Gasteiger partial charge on any atom is -0.375 e. The van der Waals surface area contributed by atoms with E-state index in [0.29, 0.717) is 12.2 Å². The van der Waals surface area contributed by atoms with Crippen LogP contribution in [0.4, 0.5) is 5.82 Å². The fourth-order valence-electron chi connectivity index (χ4n) is 2.85. The number of rotatable bonds is 2. The number of benzene rings is 1. The highest BCUT2D eigenvalue weighted by Gasteiger charge is 2.28. The fourth-order valence-corrected chi connectivity index (χ4v) is 2.85. The average molecular weight is 281 g/mol. The van der Waals surface area contributed by atoms with Crippen LogP contribution in [0.25, 0.3) is 10.9 Å². The Balaban J connectivity index is 2.11. The standard InChI is InChI=1S/C17H19N3O/c1-3-15-11-21-12(2)10-20(15)17-14(9-18)8-13-6-4-5-7-16(13)19-17/h4-8,12,15H,3,10-11H2,1-2H3. The predicted octanol–water partition coefficient (Wildman–Crippen LogP) is 3.11. The summed E-state index contributed by atoms with van der Waals surface area (Å²) in [6, 6.07) is 12.4. The molecule has 0 radical (unpaired) electrons. The van der Waals surface area contributed by atoms with Crippen LogP contribution in [0.15, 0.2) is 30.3 Å². The van der Waals surface area contributed by atoms with Crippen molar-refractivity contribution in [3.05, 3.63) is 35.9 Å². The van der Waals surface area contributed by atoms with Gasteiger partial charge in [0.25, 0.3) is 0 Å². The Hall–Kier alpha value is -2.12. The molecule has 1 saturated heterocycles. The molecule has 1 aromatic carbocycles. The maximum Gasteiger partial charge on any atom is 0.147 e. The normalized spacial score (nSPS) is 22.2. The first-order valence-corrected chi connectivity index (χ1v) is 7.41. The van der Waals surface area contributed by atoms with Crippen LogP contribution in [0.2, 0.25) is 0 Å². The second kappa shape index (κ2) is 5.71. The highest BCUT2D eigenvalue weighted by Crippen LogP contribution is 2.27. The fraction of sp³-hybridized carbons (Fsp3) is 0.412. The van der Waals surface area contributed by atoms with Gasteiger partial charge in [0.05, 0.1) is 29.8 Å². The number of ether oxygens (including phenoxy) is 1. The molecule has 0 aliphatic carbocycles. The van der Waals surface area contributed by atoms with Crippen molar-refractivity contribution in [3.63, 3.8) is 0 Å². The number of hydrogen-bond acceptors (Lipinski definition) is 4. The van der Waals surface area contributed by atoms with Gasteiger partial charge in [-0.3, -0.25) is 0 Å². The third kappa shape index (κ3) is 2.57. The Bertz CT molecular complexity index is 692. The highest BCUT2D eigenvalue weighted by atomic mass is 16.5. The Morgan fingerprint density at radius 2 is 2.24 bits per heavy atom. The summed E-state index contributed by atoms with van der Waals surface area (Å²) in [4.78, 5) is 6.99. The topological polar surface area (TPSA) is 49.1 Å². The monoisotopic (exact) mass is 281 g/mol. The van der Waals surface area contributed by atoms with Crippen molar-refractivity contribution in [3.8, 4) is 6.07 Å². The number of hydrogen-bond donors (Lipinski definition) is 0. The van der Waals surface area contributed by atoms with Crippen LogP contribution in [0.5, 0.6) is 0 Å². The summed E-state index contributed by atoms with van der Waals surface area (Å²) < 4.78 is 5.74. The molecule has 2 aromatic rings. The molecule has 0 bridgehead atoms.